The number of hydrogen-bond acceptors (Lipinski definition) is 5. The maximum Gasteiger partial charge on any atom is 0.230 e. The van der Waals surface area contributed by atoms with Gasteiger partial charge in [-0.05, 0) is 35.9 Å². The van der Waals surface area contributed by atoms with Gasteiger partial charge in [0.25, 0.3) is 0 Å². The van der Waals surface area contributed by atoms with Gasteiger partial charge in [-0.25, -0.2) is 15.0 Å². The number of nitrogens with zero attached hydrogens (tertiary/aromatic N) is 3. The summed E-state index contributed by atoms with van der Waals surface area (Å²) in [6.07, 6.45) is 7.10. The van der Waals surface area contributed by atoms with Crippen LogP contribution in [0.5, 0.6) is 5.88 Å². The Morgan fingerprint density at radius 1 is 1.15 bits per heavy atom. The highest BCUT2D eigenvalue weighted by Crippen LogP contribution is 2.30. The number of fused-ring (bicyclic) bond motifs is 1. The van der Waals surface area contributed by atoms with Crippen molar-refractivity contribution in [3.05, 3.63) is 66.7 Å². The number of H-pyrrole nitrogens is 1. The van der Waals surface area contributed by atoms with Gasteiger partial charge in [-0.1, -0.05) is 6.07 Å². The minimum absolute atomic E-state index is 0.140. The number of anilines is 1. The highest BCUT2D eigenvalue weighted by Gasteiger charge is 2.13. The quantitative estimate of drug-likeness (QED) is 0.571. The fraction of sp³-hybridized carbons (Fsp3) is 0.100. The molecule has 0 fully saturated rings. The maximum absolute atomic E-state index is 12.4. The van der Waals surface area contributed by atoms with Gasteiger partial charge < -0.3 is 15.0 Å². The molecule has 0 unspecified atom stereocenters. The molecular weight excluding hydrogens is 342 g/mol. The number of carbonyl (C=O) groups excluding carboxylic acids is 1. The van der Waals surface area contributed by atoms with Gasteiger partial charge in [-0.15, -0.1) is 0 Å². The molecule has 0 aliphatic heterocycles. The smallest absolute Gasteiger partial charge is 0.230 e. The highest BCUT2D eigenvalue weighted by molar-refractivity contribution is 5.95. The van der Waals surface area contributed by atoms with Crippen LogP contribution in [0.25, 0.3) is 22.2 Å². The summed E-state index contributed by atoms with van der Waals surface area (Å²) in [4.78, 5) is 28.3. The third-order valence-electron chi connectivity index (χ3n) is 4.18. The van der Waals surface area contributed by atoms with Crippen LogP contribution in [0.15, 0.2) is 61.2 Å². The van der Waals surface area contributed by atoms with Crippen molar-refractivity contribution in [2.45, 2.75) is 6.42 Å². The van der Waals surface area contributed by atoms with Crippen LogP contribution in [0.1, 0.15) is 5.56 Å². The molecule has 27 heavy (non-hydrogen) atoms. The van der Waals surface area contributed by atoms with Crippen LogP contribution in [0.3, 0.4) is 0 Å². The van der Waals surface area contributed by atoms with E-state index in [4.69, 9.17) is 4.74 Å². The Kier molecular flexibility index (Phi) is 4.49. The van der Waals surface area contributed by atoms with Gasteiger partial charge in [0.15, 0.2) is 0 Å². The Balaban J connectivity index is 1.63. The van der Waals surface area contributed by atoms with E-state index in [9.17, 15) is 4.79 Å². The minimum atomic E-state index is -0.140. The number of carbonyl (C=O) groups is 1. The SMILES string of the molecule is COc1ncccc1-c1cnc2[nH]cc(CC(=O)Nc3ccccn3)c2c1. The lowest BCUT2D eigenvalue weighted by atomic mass is 10.1. The monoisotopic (exact) mass is 359 g/mol. The zero-order valence-electron chi connectivity index (χ0n) is 14.6. The van der Waals surface area contributed by atoms with Crippen LogP contribution < -0.4 is 10.1 Å². The molecule has 0 saturated heterocycles. The van der Waals surface area contributed by atoms with Crippen molar-refractivity contribution >= 4 is 22.8 Å². The van der Waals surface area contributed by atoms with Crippen LogP contribution in [-0.2, 0) is 11.2 Å². The molecule has 4 aromatic heterocycles. The van der Waals surface area contributed by atoms with Crippen molar-refractivity contribution in [1.82, 2.24) is 19.9 Å². The third kappa shape index (κ3) is 3.48. The zero-order valence-corrected chi connectivity index (χ0v) is 14.6. The molecule has 0 radical (unpaired) electrons. The average Bonchev–Trinajstić information content (AvgIpc) is 3.10. The van der Waals surface area contributed by atoms with E-state index in [1.807, 2.05) is 24.3 Å². The van der Waals surface area contributed by atoms with E-state index in [0.29, 0.717) is 11.7 Å². The van der Waals surface area contributed by atoms with Crippen molar-refractivity contribution in [2.75, 3.05) is 12.4 Å². The Morgan fingerprint density at radius 3 is 2.85 bits per heavy atom. The van der Waals surface area contributed by atoms with Crippen molar-refractivity contribution in [3.63, 3.8) is 0 Å². The summed E-state index contributed by atoms with van der Waals surface area (Å²) in [7, 11) is 1.58. The summed E-state index contributed by atoms with van der Waals surface area (Å²) in [6.45, 7) is 0. The maximum atomic E-state index is 12.4. The van der Waals surface area contributed by atoms with Gasteiger partial charge in [-0.2, -0.15) is 0 Å². The molecule has 1 amide bonds. The first-order valence-electron chi connectivity index (χ1n) is 8.41. The van der Waals surface area contributed by atoms with E-state index < -0.39 is 0 Å². The molecule has 0 spiro atoms. The Hall–Kier alpha value is -3.74. The molecule has 0 aromatic carbocycles. The molecular formula is C20H17N5O2. The van der Waals surface area contributed by atoms with Gasteiger partial charge in [0.05, 0.1) is 13.5 Å². The van der Waals surface area contributed by atoms with Crippen LogP contribution >= 0.6 is 0 Å². The molecule has 2 N–H and O–H groups in total. The van der Waals surface area contributed by atoms with Crippen molar-refractivity contribution < 1.29 is 9.53 Å². The summed E-state index contributed by atoms with van der Waals surface area (Å²) >= 11 is 0. The fourth-order valence-electron chi connectivity index (χ4n) is 2.92. The van der Waals surface area contributed by atoms with Gasteiger partial charge in [-0.3, -0.25) is 4.79 Å². The van der Waals surface area contributed by atoms with Crippen LogP contribution in [-0.4, -0.2) is 33.0 Å². The lowest BCUT2D eigenvalue weighted by molar-refractivity contribution is -0.115. The molecule has 0 aliphatic rings. The van der Waals surface area contributed by atoms with Gasteiger partial charge >= 0.3 is 0 Å². The molecule has 4 heterocycles. The molecule has 134 valence electrons. The molecule has 7 nitrogen and oxygen atoms in total. The standard InChI is InChI=1S/C20H17N5O2/c1-27-20-15(5-4-8-22-20)13-9-16-14(12-24-19(16)23-11-13)10-18(26)25-17-6-2-3-7-21-17/h2-9,11-12H,10H2,1H3,(H,23,24)(H,21,25,26). The number of pyridine rings is 3. The first-order valence-corrected chi connectivity index (χ1v) is 8.41. The lowest BCUT2D eigenvalue weighted by Crippen LogP contribution is -2.14. The molecule has 4 rings (SSSR count). The van der Waals surface area contributed by atoms with Crippen molar-refractivity contribution in [2.24, 2.45) is 0 Å². The second kappa shape index (κ2) is 7.25. The molecule has 0 saturated carbocycles. The van der Waals surface area contributed by atoms with Gasteiger partial charge in [0, 0.05) is 41.3 Å². The largest absolute Gasteiger partial charge is 0.481 e. The normalized spacial score (nSPS) is 10.7. The molecule has 0 atom stereocenters. The number of methoxy groups -OCH3 is 1. The molecule has 0 bridgehead atoms. The summed E-state index contributed by atoms with van der Waals surface area (Å²) in [5, 5.41) is 3.68. The molecule has 4 aromatic rings. The number of aromatic amines is 1. The number of rotatable bonds is 5. The Bertz CT molecular complexity index is 1090. The van der Waals surface area contributed by atoms with Gasteiger partial charge in [0.1, 0.15) is 11.5 Å². The van der Waals surface area contributed by atoms with E-state index in [-0.39, 0.29) is 12.3 Å². The third-order valence-corrected chi connectivity index (χ3v) is 4.18. The molecule has 0 aliphatic carbocycles. The summed E-state index contributed by atoms with van der Waals surface area (Å²) in [6, 6.07) is 11.1. The minimum Gasteiger partial charge on any atom is -0.481 e. The number of aromatic nitrogens is 4. The first-order chi connectivity index (χ1) is 13.2. The second-order valence-electron chi connectivity index (χ2n) is 5.93. The summed E-state index contributed by atoms with van der Waals surface area (Å²) in [5.41, 5.74) is 3.30. The topological polar surface area (TPSA) is 92.8 Å². The number of nitrogens with one attached hydrogen (secondary N) is 2. The zero-order chi connectivity index (χ0) is 18.6. The van der Waals surface area contributed by atoms with E-state index in [1.165, 1.54) is 0 Å². The van der Waals surface area contributed by atoms with Crippen molar-refractivity contribution in [1.29, 1.82) is 0 Å². The van der Waals surface area contributed by atoms with Crippen LogP contribution in [0, 0.1) is 0 Å². The molecule has 7 heteroatoms. The van der Waals surface area contributed by atoms with E-state index in [0.717, 1.165) is 27.7 Å². The number of amides is 1. The van der Waals surface area contributed by atoms with E-state index in [1.54, 1.807) is 44.0 Å². The highest BCUT2D eigenvalue weighted by atomic mass is 16.5. The summed E-state index contributed by atoms with van der Waals surface area (Å²) < 4.78 is 5.34. The van der Waals surface area contributed by atoms with E-state index in [2.05, 4.69) is 25.3 Å². The number of ether oxygens (including phenoxy) is 1. The average molecular weight is 359 g/mol. The predicted octanol–water partition coefficient (Wildman–Crippen LogP) is 3.21. The van der Waals surface area contributed by atoms with Crippen LogP contribution in [0.4, 0.5) is 5.82 Å². The van der Waals surface area contributed by atoms with E-state index >= 15 is 0 Å². The van der Waals surface area contributed by atoms with Crippen molar-refractivity contribution in [3.8, 4) is 17.0 Å². The fourth-order valence-corrected chi connectivity index (χ4v) is 2.92. The summed E-state index contributed by atoms with van der Waals surface area (Å²) in [5.74, 6) is 0.920. The van der Waals surface area contributed by atoms with Crippen LogP contribution in [0.2, 0.25) is 0 Å². The number of hydrogen-bond donors (Lipinski definition) is 2. The predicted molar refractivity (Wildman–Crippen MR) is 102 cm³/mol. The second-order valence-corrected chi connectivity index (χ2v) is 5.93. The first kappa shape index (κ1) is 16.7. The Labute approximate surface area is 155 Å². The lowest BCUT2D eigenvalue weighted by Gasteiger charge is -2.07. The van der Waals surface area contributed by atoms with Gasteiger partial charge in [0.2, 0.25) is 11.8 Å². The Morgan fingerprint density at radius 2 is 2.04 bits per heavy atom.